The predicted molar refractivity (Wildman–Crippen MR) is 68.1 cm³/mol. The average molecular weight is 294 g/mol. The lowest BCUT2D eigenvalue weighted by Gasteiger charge is -2.40. The van der Waals surface area contributed by atoms with Gasteiger partial charge in [-0.25, -0.2) is 4.79 Å². The highest BCUT2D eigenvalue weighted by Crippen LogP contribution is 2.43. The van der Waals surface area contributed by atoms with Gasteiger partial charge in [-0.15, -0.1) is 0 Å². The Morgan fingerprint density at radius 2 is 1.80 bits per heavy atom. The van der Waals surface area contributed by atoms with Crippen molar-refractivity contribution in [2.24, 2.45) is 5.92 Å². The number of carbonyl (C=O) groups excluding carboxylic acids is 1. The Bertz CT molecular complexity index is 372. The summed E-state index contributed by atoms with van der Waals surface area (Å²) in [7, 11) is 0.990. The van der Waals surface area contributed by atoms with Gasteiger partial charge >= 0.3 is 12.1 Å². The first-order valence-corrected chi connectivity index (χ1v) is 6.62. The molecule has 2 unspecified atom stereocenters. The Kier molecular flexibility index (Phi) is 5.24. The molecule has 1 saturated carbocycles. The molecule has 1 aliphatic carbocycles. The molecule has 0 amide bonds. The van der Waals surface area contributed by atoms with Gasteiger partial charge < -0.3 is 9.47 Å². The Morgan fingerprint density at radius 3 is 2.15 bits per heavy atom. The highest BCUT2D eigenvalue weighted by molar-refractivity contribution is 5.87. The molecular formula is C14H21F3O3. The van der Waals surface area contributed by atoms with Gasteiger partial charge in [-0.2, -0.15) is 13.2 Å². The molecule has 1 rings (SSSR count). The summed E-state index contributed by atoms with van der Waals surface area (Å²) in [6.45, 7) is 5.75. The number of ether oxygens (including phenoxy) is 2. The Morgan fingerprint density at radius 1 is 1.30 bits per heavy atom. The maximum atomic E-state index is 13.3. The lowest BCUT2D eigenvalue weighted by Crippen LogP contribution is -2.57. The second-order valence-corrected chi connectivity index (χ2v) is 5.46. The summed E-state index contributed by atoms with van der Waals surface area (Å²) in [6.07, 6.45) is -3.09. The van der Waals surface area contributed by atoms with Crippen molar-refractivity contribution in [2.75, 3.05) is 7.11 Å². The average Bonchev–Trinajstić information content (AvgIpc) is 2.86. The first-order valence-electron chi connectivity index (χ1n) is 6.62. The van der Waals surface area contributed by atoms with Crippen LogP contribution in [0, 0.1) is 5.92 Å². The molecule has 2 atom stereocenters. The van der Waals surface area contributed by atoms with Gasteiger partial charge in [0.05, 0.1) is 0 Å². The highest BCUT2D eigenvalue weighted by atomic mass is 19.4. The molecule has 0 aromatic rings. The van der Waals surface area contributed by atoms with Crippen molar-refractivity contribution in [1.82, 2.24) is 0 Å². The van der Waals surface area contributed by atoms with Crippen molar-refractivity contribution in [3.63, 3.8) is 0 Å². The summed E-state index contributed by atoms with van der Waals surface area (Å²) in [5, 5.41) is 0. The Hall–Kier alpha value is -1.04. The van der Waals surface area contributed by atoms with Crippen LogP contribution in [0.3, 0.4) is 0 Å². The van der Waals surface area contributed by atoms with Gasteiger partial charge in [0.1, 0.15) is 6.10 Å². The quantitative estimate of drug-likeness (QED) is 0.574. The number of esters is 1. The van der Waals surface area contributed by atoms with E-state index in [9.17, 15) is 18.0 Å². The maximum absolute atomic E-state index is 13.3. The monoisotopic (exact) mass is 294 g/mol. The first-order chi connectivity index (χ1) is 9.13. The fourth-order valence-corrected chi connectivity index (χ4v) is 2.53. The SMILES string of the molecule is C=C(C)C(=O)OC(C1CCCC1)C(C)(OC)C(F)(F)F. The van der Waals surface area contributed by atoms with Gasteiger partial charge in [-0.05, 0) is 32.6 Å². The molecule has 1 aliphatic rings. The molecule has 0 saturated heterocycles. The summed E-state index contributed by atoms with van der Waals surface area (Å²) in [5.41, 5.74) is -2.43. The van der Waals surface area contributed by atoms with E-state index in [1.54, 1.807) is 0 Å². The third-order valence-corrected chi connectivity index (χ3v) is 3.94. The van der Waals surface area contributed by atoms with E-state index in [-0.39, 0.29) is 11.5 Å². The van der Waals surface area contributed by atoms with Crippen molar-refractivity contribution in [3.8, 4) is 0 Å². The van der Waals surface area contributed by atoms with Crippen molar-refractivity contribution in [3.05, 3.63) is 12.2 Å². The Balaban J connectivity index is 3.08. The summed E-state index contributed by atoms with van der Waals surface area (Å²) in [5.74, 6) is -1.15. The minimum Gasteiger partial charge on any atom is -0.455 e. The molecule has 0 bridgehead atoms. The van der Waals surface area contributed by atoms with Gasteiger partial charge in [0.15, 0.2) is 5.60 Å². The third kappa shape index (κ3) is 3.34. The van der Waals surface area contributed by atoms with E-state index < -0.39 is 23.9 Å². The number of alkyl halides is 3. The van der Waals surface area contributed by atoms with Crippen molar-refractivity contribution in [1.29, 1.82) is 0 Å². The van der Waals surface area contributed by atoms with E-state index >= 15 is 0 Å². The predicted octanol–water partition coefficient (Wildman–Crippen LogP) is 3.63. The van der Waals surface area contributed by atoms with Crippen LogP contribution < -0.4 is 0 Å². The highest BCUT2D eigenvalue weighted by Gasteiger charge is 2.60. The van der Waals surface area contributed by atoms with E-state index in [1.165, 1.54) is 6.92 Å². The summed E-state index contributed by atoms with van der Waals surface area (Å²) >= 11 is 0. The van der Waals surface area contributed by atoms with Crippen LogP contribution in [0.2, 0.25) is 0 Å². The van der Waals surface area contributed by atoms with E-state index in [0.717, 1.165) is 26.9 Å². The van der Waals surface area contributed by atoms with Crippen LogP contribution >= 0.6 is 0 Å². The molecule has 0 aromatic heterocycles. The van der Waals surface area contributed by atoms with Crippen LogP contribution in [0.25, 0.3) is 0 Å². The van der Waals surface area contributed by atoms with Crippen molar-refractivity contribution in [2.45, 2.75) is 57.4 Å². The summed E-state index contributed by atoms with van der Waals surface area (Å²) < 4.78 is 49.8. The zero-order valence-electron chi connectivity index (χ0n) is 12.0. The fraction of sp³-hybridized carbons (Fsp3) is 0.786. The molecule has 0 aliphatic heterocycles. The van der Waals surface area contributed by atoms with Crippen LogP contribution in [-0.2, 0) is 14.3 Å². The van der Waals surface area contributed by atoms with Crippen LogP contribution in [-0.4, -0.2) is 31.0 Å². The number of hydrogen-bond donors (Lipinski definition) is 0. The van der Waals surface area contributed by atoms with Crippen LogP contribution in [0.15, 0.2) is 12.2 Å². The fourth-order valence-electron chi connectivity index (χ4n) is 2.53. The molecule has 0 spiro atoms. The topological polar surface area (TPSA) is 35.5 Å². The molecular weight excluding hydrogens is 273 g/mol. The molecule has 116 valence electrons. The second-order valence-electron chi connectivity index (χ2n) is 5.46. The van der Waals surface area contributed by atoms with E-state index in [2.05, 4.69) is 6.58 Å². The molecule has 20 heavy (non-hydrogen) atoms. The van der Waals surface area contributed by atoms with Gasteiger partial charge in [0, 0.05) is 12.7 Å². The second kappa shape index (κ2) is 6.16. The number of rotatable bonds is 5. The Labute approximate surface area is 117 Å². The normalized spacial score (nSPS) is 21.3. The van der Waals surface area contributed by atoms with Gasteiger partial charge in [0.25, 0.3) is 0 Å². The number of carbonyl (C=O) groups is 1. The lowest BCUT2D eigenvalue weighted by molar-refractivity contribution is -0.300. The minimum absolute atomic E-state index is 0.0774. The van der Waals surface area contributed by atoms with Crippen LogP contribution in [0.5, 0.6) is 0 Å². The minimum atomic E-state index is -4.62. The van der Waals surface area contributed by atoms with E-state index in [1.807, 2.05) is 0 Å². The molecule has 1 fully saturated rings. The first kappa shape index (κ1) is 17.0. The largest absolute Gasteiger partial charge is 0.455 e. The zero-order valence-corrected chi connectivity index (χ0v) is 12.0. The van der Waals surface area contributed by atoms with Crippen molar-refractivity contribution >= 4 is 5.97 Å². The number of hydrogen-bond acceptors (Lipinski definition) is 3. The van der Waals surface area contributed by atoms with Crippen LogP contribution in [0.1, 0.15) is 39.5 Å². The standard InChI is InChI=1S/C14H21F3O3/c1-9(2)12(18)20-11(10-7-5-6-8-10)13(3,19-4)14(15,16)17/h10-11H,1,5-8H2,2-4H3. The molecule has 6 heteroatoms. The van der Waals surface area contributed by atoms with Gasteiger partial charge in [-0.1, -0.05) is 19.4 Å². The number of halogens is 3. The zero-order chi connectivity index (χ0) is 15.6. The van der Waals surface area contributed by atoms with E-state index in [0.29, 0.717) is 12.8 Å². The van der Waals surface area contributed by atoms with Gasteiger partial charge in [-0.3, -0.25) is 0 Å². The molecule has 0 heterocycles. The van der Waals surface area contributed by atoms with E-state index in [4.69, 9.17) is 9.47 Å². The summed E-state index contributed by atoms with van der Waals surface area (Å²) in [4.78, 5) is 11.7. The summed E-state index contributed by atoms with van der Waals surface area (Å²) in [6, 6.07) is 0. The van der Waals surface area contributed by atoms with Gasteiger partial charge in [0.2, 0.25) is 0 Å². The molecule has 0 N–H and O–H groups in total. The molecule has 3 nitrogen and oxygen atoms in total. The molecule has 0 radical (unpaired) electrons. The number of methoxy groups -OCH3 is 1. The molecule has 0 aromatic carbocycles. The van der Waals surface area contributed by atoms with Crippen molar-refractivity contribution < 1.29 is 27.4 Å². The lowest BCUT2D eigenvalue weighted by atomic mass is 9.86. The van der Waals surface area contributed by atoms with Crippen LogP contribution in [0.4, 0.5) is 13.2 Å². The smallest absolute Gasteiger partial charge is 0.420 e. The third-order valence-electron chi connectivity index (χ3n) is 3.94. The maximum Gasteiger partial charge on any atom is 0.420 e.